The third-order valence-corrected chi connectivity index (χ3v) is 3.54. The van der Waals surface area contributed by atoms with Crippen LogP contribution >= 0.6 is 15.9 Å². The van der Waals surface area contributed by atoms with Crippen molar-refractivity contribution < 1.29 is 9.31 Å². The number of aryl methyl sites for hydroxylation is 1. The Morgan fingerprint density at radius 1 is 1.30 bits per heavy atom. The topological polar surface area (TPSA) is 55.2 Å². The molecule has 0 fully saturated rings. The molecule has 0 saturated heterocycles. The molecule has 104 valence electrons. The molecule has 0 aliphatic rings. The van der Waals surface area contributed by atoms with Crippen molar-refractivity contribution in [2.24, 2.45) is 0 Å². The maximum Gasteiger partial charge on any atom is 0.271 e. The summed E-state index contributed by atoms with van der Waals surface area (Å²) in [7, 11) is 0. The quantitative estimate of drug-likeness (QED) is 0.663. The van der Waals surface area contributed by atoms with Crippen molar-refractivity contribution in [2.75, 3.05) is 5.32 Å². The van der Waals surface area contributed by atoms with Crippen molar-refractivity contribution >= 4 is 27.3 Å². The third-order valence-electron chi connectivity index (χ3n) is 2.90. The molecule has 0 aromatic heterocycles. The van der Waals surface area contributed by atoms with Gasteiger partial charge in [-0.1, -0.05) is 12.1 Å². The van der Waals surface area contributed by atoms with Crippen LogP contribution in [-0.2, 0) is 6.54 Å². The number of rotatable bonds is 4. The predicted molar refractivity (Wildman–Crippen MR) is 79.3 cm³/mol. The molecule has 0 unspecified atom stereocenters. The van der Waals surface area contributed by atoms with Crippen molar-refractivity contribution in [3.05, 3.63) is 67.9 Å². The molecule has 2 rings (SSSR count). The van der Waals surface area contributed by atoms with Crippen LogP contribution in [0.3, 0.4) is 0 Å². The lowest BCUT2D eigenvalue weighted by Crippen LogP contribution is -2.02. The van der Waals surface area contributed by atoms with Crippen LogP contribution in [0.15, 0.2) is 40.9 Å². The number of nitrogens with one attached hydrogen (secondary N) is 1. The fraction of sp³-hybridized carbons (Fsp3) is 0.143. The lowest BCUT2D eigenvalue weighted by molar-refractivity contribution is -0.384. The average molecular weight is 339 g/mol. The summed E-state index contributed by atoms with van der Waals surface area (Å²) in [6.45, 7) is 2.25. The standard InChI is InChI=1S/C14H12BrFN2O2/c1-9-2-4-11(18(19)20)7-14(9)17-8-10-3-5-12(15)13(16)6-10/h2-7,17H,8H2,1H3. The lowest BCUT2D eigenvalue weighted by Gasteiger charge is -2.10. The van der Waals surface area contributed by atoms with E-state index in [0.29, 0.717) is 16.7 Å². The first kappa shape index (κ1) is 14.5. The highest BCUT2D eigenvalue weighted by atomic mass is 79.9. The minimum absolute atomic E-state index is 0.0279. The summed E-state index contributed by atoms with van der Waals surface area (Å²) < 4.78 is 13.8. The van der Waals surface area contributed by atoms with Gasteiger partial charge in [-0.05, 0) is 46.1 Å². The zero-order valence-electron chi connectivity index (χ0n) is 10.7. The van der Waals surface area contributed by atoms with Crippen molar-refractivity contribution in [3.63, 3.8) is 0 Å². The number of nitro groups is 1. The Kier molecular flexibility index (Phi) is 4.34. The van der Waals surface area contributed by atoms with Crippen molar-refractivity contribution in [2.45, 2.75) is 13.5 Å². The van der Waals surface area contributed by atoms with E-state index in [1.54, 1.807) is 18.2 Å². The monoisotopic (exact) mass is 338 g/mol. The van der Waals surface area contributed by atoms with E-state index >= 15 is 0 Å². The Hall–Kier alpha value is -1.95. The van der Waals surface area contributed by atoms with E-state index in [1.807, 2.05) is 6.92 Å². The van der Waals surface area contributed by atoms with Crippen LogP contribution in [0.5, 0.6) is 0 Å². The van der Waals surface area contributed by atoms with E-state index in [1.165, 1.54) is 18.2 Å². The molecule has 2 aromatic carbocycles. The van der Waals surface area contributed by atoms with Crippen LogP contribution in [-0.4, -0.2) is 4.92 Å². The van der Waals surface area contributed by atoms with Gasteiger partial charge in [-0.25, -0.2) is 4.39 Å². The number of halogens is 2. The largest absolute Gasteiger partial charge is 0.381 e. The Labute approximate surface area is 123 Å². The van der Waals surface area contributed by atoms with Crippen LogP contribution in [0.25, 0.3) is 0 Å². The maximum atomic E-state index is 13.4. The van der Waals surface area contributed by atoms with Gasteiger partial charge in [0.05, 0.1) is 9.40 Å². The molecule has 0 saturated carbocycles. The molecular weight excluding hydrogens is 327 g/mol. The van der Waals surface area contributed by atoms with Gasteiger partial charge in [0.1, 0.15) is 5.82 Å². The molecule has 0 amide bonds. The summed E-state index contributed by atoms with van der Waals surface area (Å²) >= 11 is 3.09. The third kappa shape index (κ3) is 3.33. The van der Waals surface area contributed by atoms with Gasteiger partial charge in [-0.15, -0.1) is 0 Å². The fourth-order valence-electron chi connectivity index (χ4n) is 1.76. The maximum absolute atomic E-state index is 13.4. The normalized spacial score (nSPS) is 10.3. The first-order valence-electron chi connectivity index (χ1n) is 5.90. The highest BCUT2D eigenvalue weighted by Gasteiger charge is 2.08. The number of benzene rings is 2. The van der Waals surface area contributed by atoms with Crippen LogP contribution in [0, 0.1) is 22.9 Å². The van der Waals surface area contributed by atoms with E-state index in [2.05, 4.69) is 21.2 Å². The molecular formula is C14H12BrFN2O2. The minimum Gasteiger partial charge on any atom is -0.381 e. The molecule has 0 atom stereocenters. The van der Waals surface area contributed by atoms with E-state index in [9.17, 15) is 14.5 Å². The Morgan fingerprint density at radius 3 is 2.70 bits per heavy atom. The Balaban J connectivity index is 2.15. The zero-order chi connectivity index (χ0) is 14.7. The molecule has 1 N–H and O–H groups in total. The van der Waals surface area contributed by atoms with Gasteiger partial charge in [-0.3, -0.25) is 10.1 Å². The van der Waals surface area contributed by atoms with Gasteiger partial charge in [-0.2, -0.15) is 0 Å². The molecule has 0 aliphatic heterocycles. The molecule has 0 radical (unpaired) electrons. The van der Waals surface area contributed by atoms with Crippen molar-refractivity contribution in [1.82, 2.24) is 0 Å². The first-order valence-corrected chi connectivity index (χ1v) is 6.69. The van der Waals surface area contributed by atoms with E-state index in [4.69, 9.17) is 0 Å². The smallest absolute Gasteiger partial charge is 0.271 e. The molecule has 2 aromatic rings. The minimum atomic E-state index is -0.441. The highest BCUT2D eigenvalue weighted by molar-refractivity contribution is 9.10. The second kappa shape index (κ2) is 6.00. The SMILES string of the molecule is Cc1ccc([N+](=O)[O-])cc1NCc1ccc(Br)c(F)c1. The number of anilines is 1. The molecule has 0 bridgehead atoms. The zero-order valence-corrected chi connectivity index (χ0v) is 12.3. The van der Waals surface area contributed by atoms with Crippen LogP contribution in [0.2, 0.25) is 0 Å². The second-order valence-corrected chi connectivity index (χ2v) is 5.21. The fourth-order valence-corrected chi connectivity index (χ4v) is 2.01. The first-order chi connectivity index (χ1) is 9.47. The number of hydrogen-bond donors (Lipinski definition) is 1. The van der Waals surface area contributed by atoms with Crippen LogP contribution < -0.4 is 5.32 Å². The Bertz CT molecular complexity index is 662. The van der Waals surface area contributed by atoms with Crippen molar-refractivity contribution in [1.29, 1.82) is 0 Å². The lowest BCUT2D eigenvalue weighted by atomic mass is 10.1. The van der Waals surface area contributed by atoms with E-state index in [0.717, 1.165) is 11.1 Å². The average Bonchev–Trinajstić information content (AvgIpc) is 2.41. The molecule has 6 heteroatoms. The number of non-ortho nitro benzene ring substituents is 1. The van der Waals surface area contributed by atoms with E-state index < -0.39 is 4.92 Å². The van der Waals surface area contributed by atoms with Crippen molar-refractivity contribution in [3.8, 4) is 0 Å². The Morgan fingerprint density at radius 2 is 2.05 bits per heavy atom. The summed E-state index contributed by atoms with van der Waals surface area (Å²) in [5.41, 5.74) is 2.35. The molecule has 0 heterocycles. The van der Waals surface area contributed by atoms with Gasteiger partial charge >= 0.3 is 0 Å². The number of hydrogen-bond acceptors (Lipinski definition) is 3. The molecule has 4 nitrogen and oxygen atoms in total. The number of nitro benzene ring substituents is 1. The summed E-state index contributed by atoms with van der Waals surface area (Å²) in [5, 5.41) is 13.8. The van der Waals surface area contributed by atoms with Crippen LogP contribution in [0.4, 0.5) is 15.8 Å². The predicted octanol–water partition coefficient (Wildman–Crippen LogP) is 4.42. The van der Waals surface area contributed by atoms with Gasteiger partial charge < -0.3 is 5.32 Å². The molecule has 0 spiro atoms. The van der Waals surface area contributed by atoms with Crippen LogP contribution in [0.1, 0.15) is 11.1 Å². The van der Waals surface area contributed by atoms with E-state index in [-0.39, 0.29) is 11.5 Å². The highest BCUT2D eigenvalue weighted by Crippen LogP contribution is 2.23. The number of nitrogens with zero attached hydrogens (tertiary/aromatic N) is 1. The second-order valence-electron chi connectivity index (χ2n) is 4.36. The summed E-state index contributed by atoms with van der Waals surface area (Å²) in [4.78, 5) is 10.3. The molecule has 0 aliphatic carbocycles. The van der Waals surface area contributed by atoms with Gasteiger partial charge in [0.25, 0.3) is 5.69 Å². The summed E-state index contributed by atoms with van der Waals surface area (Å²) in [6, 6.07) is 9.45. The van der Waals surface area contributed by atoms with Gasteiger partial charge in [0.2, 0.25) is 0 Å². The molecule has 20 heavy (non-hydrogen) atoms. The summed E-state index contributed by atoms with van der Waals surface area (Å²) in [6.07, 6.45) is 0. The van der Waals surface area contributed by atoms with Gasteiger partial charge in [0.15, 0.2) is 0 Å². The van der Waals surface area contributed by atoms with Gasteiger partial charge in [0, 0.05) is 24.4 Å². The summed E-state index contributed by atoms with van der Waals surface area (Å²) in [5.74, 6) is -0.333.